The van der Waals surface area contributed by atoms with Gasteiger partial charge >= 0.3 is 0 Å². The SMILES string of the molecule is CCC(OC1CCCCC1)C(=O)NCC1(COC)CCNCC1.Cl. The van der Waals surface area contributed by atoms with Crippen LogP contribution in [0.5, 0.6) is 0 Å². The molecular formula is C18H35ClN2O3. The molecule has 1 saturated carbocycles. The summed E-state index contributed by atoms with van der Waals surface area (Å²) in [5.74, 6) is 0.0482. The first-order valence-corrected chi connectivity index (χ1v) is 9.32. The summed E-state index contributed by atoms with van der Waals surface area (Å²) >= 11 is 0. The number of carbonyl (C=O) groups is 1. The maximum atomic E-state index is 12.5. The molecule has 1 unspecified atom stereocenters. The molecule has 0 spiro atoms. The third-order valence-corrected chi connectivity index (χ3v) is 5.32. The Bertz CT molecular complexity index is 351. The van der Waals surface area contributed by atoms with Crippen LogP contribution in [0.3, 0.4) is 0 Å². The van der Waals surface area contributed by atoms with Crippen molar-refractivity contribution in [3.8, 4) is 0 Å². The van der Waals surface area contributed by atoms with Gasteiger partial charge in [0.25, 0.3) is 0 Å². The molecule has 0 aromatic rings. The van der Waals surface area contributed by atoms with E-state index in [1.54, 1.807) is 7.11 Å². The molecule has 142 valence electrons. The number of carbonyl (C=O) groups excluding carboxylic acids is 1. The van der Waals surface area contributed by atoms with Gasteiger partial charge in [-0.3, -0.25) is 4.79 Å². The number of ether oxygens (including phenoxy) is 2. The molecule has 1 amide bonds. The van der Waals surface area contributed by atoms with Crippen LogP contribution in [0.15, 0.2) is 0 Å². The van der Waals surface area contributed by atoms with Crippen molar-refractivity contribution in [2.75, 3.05) is 33.4 Å². The van der Waals surface area contributed by atoms with Crippen LogP contribution in [0, 0.1) is 5.41 Å². The number of hydrogen-bond donors (Lipinski definition) is 2. The molecule has 1 aliphatic carbocycles. The Hall–Kier alpha value is -0.360. The molecule has 1 aliphatic heterocycles. The smallest absolute Gasteiger partial charge is 0.249 e. The molecule has 1 atom stereocenters. The van der Waals surface area contributed by atoms with E-state index in [0.29, 0.717) is 13.2 Å². The molecule has 1 saturated heterocycles. The summed E-state index contributed by atoms with van der Waals surface area (Å²) in [6.07, 6.45) is 8.75. The molecule has 5 nitrogen and oxygen atoms in total. The molecule has 2 aliphatic rings. The first-order valence-electron chi connectivity index (χ1n) is 9.32. The van der Waals surface area contributed by atoms with Gasteiger partial charge in [0.2, 0.25) is 5.91 Å². The second-order valence-corrected chi connectivity index (χ2v) is 7.19. The summed E-state index contributed by atoms with van der Waals surface area (Å²) in [5.41, 5.74) is 0.0682. The van der Waals surface area contributed by atoms with Crippen molar-refractivity contribution in [3.63, 3.8) is 0 Å². The summed E-state index contributed by atoms with van der Waals surface area (Å²) in [6, 6.07) is 0. The number of piperidine rings is 1. The average molecular weight is 363 g/mol. The third kappa shape index (κ3) is 6.51. The van der Waals surface area contributed by atoms with Crippen molar-refractivity contribution in [1.29, 1.82) is 0 Å². The highest BCUT2D eigenvalue weighted by Crippen LogP contribution is 2.28. The second-order valence-electron chi connectivity index (χ2n) is 7.19. The van der Waals surface area contributed by atoms with Gasteiger partial charge in [-0.2, -0.15) is 0 Å². The predicted octanol–water partition coefficient (Wildman–Crippen LogP) is 2.67. The topological polar surface area (TPSA) is 59.6 Å². The van der Waals surface area contributed by atoms with Crippen molar-refractivity contribution in [3.05, 3.63) is 0 Å². The maximum Gasteiger partial charge on any atom is 0.249 e. The number of hydrogen-bond acceptors (Lipinski definition) is 4. The molecule has 24 heavy (non-hydrogen) atoms. The quantitative estimate of drug-likeness (QED) is 0.697. The Morgan fingerprint density at radius 3 is 2.50 bits per heavy atom. The van der Waals surface area contributed by atoms with E-state index in [4.69, 9.17) is 9.47 Å². The van der Waals surface area contributed by atoms with E-state index in [1.165, 1.54) is 19.3 Å². The highest BCUT2D eigenvalue weighted by atomic mass is 35.5. The maximum absolute atomic E-state index is 12.5. The van der Waals surface area contributed by atoms with Crippen molar-refractivity contribution >= 4 is 18.3 Å². The molecule has 2 N–H and O–H groups in total. The molecule has 6 heteroatoms. The van der Waals surface area contributed by atoms with Crippen molar-refractivity contribution in [2.24, 2.45) is 5.41 Å². The first-order chi connectivity index (χ1) is 11.2. The Balaban J connectivity index is 0.00000288. The average Bonchev–Trinajstić information content (AvgIpc) is 2.60. The Morgan fingerprint density at radius 2 is 1.92 bits per heavy atom. The number of methoxy groups -OCH3 is 1. The lowest BCUT2D eigenvalue weighted by molar-refractivity contribution is -0.139. The highest BCUT2D eigenvalue weighted by molar-refractivity contribution is 5.85. The zero-order chi connectivity index (χ0) is 16.5. The molecule has 1 heterocycles. The van der Waals surface area contributed by atoms with Gasteiger partial charge in [0.1, 0.15) is 6.10 Å². The number of nitrogens with one attached hydrogen (secondary N) is 2. The Labute approximate surface area is 153 Å². The predicted molar refractivity (Wildman–Crippen MR) is 98.7 cm³/mol. The second kappa shape index (κ2) is 11.3. The lowest BCUT2D eigenvalue weighted by atomic mass is 9.79. The number of halogens is 1. The van der Waals surface area contributed by atoms with Crippen molar-refractivity contribution < 1.29 is 14.3 Å². The summed E-state index contributed by atoms with van der Waals surface area (Å²) in [5, 5.41) is 6.53. The third-order valence-electron chi connectivity index (χ3n) is 5.32. The summed E-state index contributed by atoms with van der Waals surface area (Å²) in [6.45, 7) is 5.41. The van der Waals surface area contributed by atoms with Crippen LogP contribution >= 0.6 is 12.4 Å². The fourth-order valence-corrected chi connectivity index (χ4v) is 3.80. The molecule has 0 radical (unpaired) electrons. The van der Waals surface area contributed by atoms with E-state index in [0.717, 1.165) is 45.2 Å². The minimum Gasteiger partial charge on any atom is -0.384 e. The monoisotopic (exact) mass is 362 g/mol. The normalized spacial score (nSPS) is 22.4. The lowest BCUT2D eigenvalue weighted by Crippen LogP contribution is -2.49. The first kappa shape index (κ1) is 21.7. The zero-order valence-electron chi connectivity index (χ0n) is 15.3. The molecule has 0 bridgehead atoms. The Kier molecular flexibility index (Phi) is 10.2. The van der Waals surface area contributed by atoms with Crippen LogP contribution < -0.4 is 10.6 Å². The Morgan fingerprint density at radius 1 is 1.25 bits per heavy atom. The number of rotatable bonds is 8. The van der Waals surface area contributed by atoms with Gasteiger partial charge in [0, 0.05) is 19.1 Å². The van der Waals surface area contributed by atoms with Gasteiger partial charge in [-0.1, -0.05) is 26.2 Å². The van der Waals surface area contributed by atoms with Crippen LogP contribution in [0.1, 0.15) is 58.3 Å². The van der Waals surface area contributed by atoms with Crippen molar-refractivity contribution in [2.45, 2.75) is 70.5 Å². The number of amides is 1. The van der Waals surface area contributed by atoms with E-state index in [9.17, 15) is 4.79 Å². The summed E-state index contributed by atoms with van der Waals surface area (Å²) < 4.78 is 11.5. The van der Waals surface area contributed by atoms with Crippen molar-refractivity contribution in [1.82, 2.24) is 10.6 Å². The standard InChI is InChI=1S/C18H34N2O3.ClH/c1-3-16(23-15-7-5-4-6-8-15)17(21)20-13-18(14-22-2)9-11-19-12-10-18;/h15-16,19H,3-14H2,1-2H3,(H,20,21);1H. The molecule has 2 fully saturated rings. The van der Waals surface area contributed by atoms with Crippen LogP contribution in [-0.2, 0) is 14.3 Å². The van der Waals surface area contributed by atoms with E-state index in [-0.39, 0.29) is 35.9 Å². The van der Waals surface area contributed by atoms with Gasteiger partial charge in [-0.25, -0.2) is 0 Å². The van der Waals surface area contributed by atoms with Crippen LogP contribution in [-0.4, -0.2) is 51.5 Å². The molecular weight excluding hydrogens is 328 g/mol. The minimum atomic E-state index is -0.306. The highest BCUT2D eigenvalue weighted by Gasteiger charge is 2.33. The van der Waals surface area contributed by atoms with Gasteiger partial charge in [0.15, 0.2) is 0 Å². The van der Waals surface area contributed by atoms with E-state index in [2.05, 4.69) is 10.6 Å². The zero-order valence-corrected chi connectivity index (χ0v) is 16.1. The molecule has 0 aromatic carbocycles. The molecule has 0 aromatic heterocycles. The fraction of sp³-hybridized carbons (Fsp3) is 0.944. The summed E-state index contributed by atoms with van der Waals surface area (Å²) in [7, 11) is 1.74. The summed E-state index contributed by atoms with van der Waals surface area (Å²) in [4.78, 5) is 12.5. The van der Waals surface area contributed by atoms with E-state index >= 15 is 0 Å². The van der Waals surface area contributed by atoms with Crippen LogP contribution in [0.25, 0.3) is 0 Å². The molecule has 2 rings (SSSR count). The van der Waals surface area contributed by atoms with Gasteiger partial charge in [0.05, 0.1) is 12.7 Å². The van der Waals surface area contributed by atoms with Crippen LogP contribution in [0.2, 0.25) is 0 Å². The van der Waals surface area contributed by atoms with E-state index in [1.807, 2.05) is 6.92 Å². The largest absolute Gasteiger partial charge is 0.384 e. The lowest BCUT2D eigenvalue weighted by Gasteiger charge is -2.37. The van der Waals surface area contributed by atoms with Gasteiger partial charge in [-0.15, -0.1) is 12.4 Å². The van der Waals surface area contributed by atoms with Gasteiger partial charge < -0.3 is 20.1 Å². The minimum absolute atomic E-state index is 0. The van der Waals surface area contributed by atoms with Crippen LogP contribution in [0.4, 0.5) is 0 Å². The fourth-order valence-electron chi connectivity index (χ4n) is 3.80. The van der Waals surface area contributed by atoms with E-state index < -0.39 is 0 Å². The van der Waals surface area contributed by atoms with Gasteiger partial charge in [-0.05, 0) is 45.2 Å².